The highest BCUT2D eigenvalue weighted by Crippen LogP contribution is 2.10. The molecule has 0 amide bonds. The Balaban J connectivity index is 1.87. The van der Waals surface area contributed by atoms with Crippen molar-refractivity contribution in [3.05, 3.63) is 70.8 Å². The Hall–Kier alpha value is -2.27. The molecule has 0 aliphatic carbocycles. The molecule has 0 spiro atoms. The summed E-state index contributed by atoms with van der Waals surface area (Å²) in [4.78, 5) is 10.6. The normalized spacial score (nSPS) is 10.6. The van der Waals surface area contributed by atoms with Crippen LogP contribution in [0.3, 0.4) is 0 Å². The maximum absolute atomic E-state index is 13.4. The van der Waals surface area contributed by atoms with Gasteiger partial charge in [0.05, 0.1) is 6.42 Å². The first kappa shape index (κ1) is 15.1. The largest absolute Gasteiger partial charge is 0.481 e. The quantitative estimate of drug-likeness (QED) is 0.860. The molecular weight excluding hydrogens is 276 g/mol. The summed E-state index contributed by atoms with van der Waals surface area (Å²) in [6, 6.07) is 10.7. The summed E-state index contributed by atoms with van der Waals surface area (Å²) in [5, 5.41) is 11.7. The van der Waals surface area contributed by atoms with Crippen LogP contribution < -0.4 is 5.32 Å². The SMILES string of the molecule is O=C(O)Cc1ccc(CNCc2ccc(F)cc2F)cc1. The first-order valence-electron chi connectivity index (χ1n) is 6.49. The number of carbonyl (C=O) groups is 1. The molecule has 0 saturated heterocycles. The number of aliphatic carboxylic acids is 1. The third kappa shape index (κ3) is 4.65. The van der Waals surface area contributed by atoms with Gasteiger partial charge in [0, 0.05) is 24.7 Å². The van der Waals surface area contributed by atoms with Crippen LogP contribution in [0.15, 0.2) is 42.5 Å². The molecule has 0 heterocycles. The molecule has 2 rings (SSSR count). The molecule has 0 radical (unpaired) electrons. The summed E-state index contributed by atoms with van der Waals surface area (Å²) in [6.07, 6.45) is -0.00546. The second-order valence-corrected chi connectivity index (χ2v) is 4.73. The molecule has 0 aliphatic heterocycles. The van der Waals surface area contributed by atoms with E-state index in [1.54, 1.807) is 12.1 Å². The number of rotatable bonds is 6. The van der Waals surface area contributed by atoms with Gasteiger partial charge in [-0.25, -0.2) is 8.78 Å². The third-order valence-electron chi connectivity index (χ3n) is 3.04. The van der Waals surface area contributed by atoms with Crippen LogP contribution in [-0.2, 0) is 24.3 Å². The molecule has 0 atom stereocenters. The van der Waals surface area contributed by atoms with E-state index in [0.717, 1.165) is 17.2 Å². The van der Waals surface area contributed by atoms with Gasteiger partial charge in [0.2, 0.25) is 0 Å². The molecule has 110 valence electrons. The molecule has 0 aromatic heterocycles. The standard InChI is InChI=1S/C16H15F2NO2/c17-14-6-5-13(15(18)8-14)10-19-9-12-3-1-11(2-4-12)7-16(20)21/h1-6,8,19H,7,9-10H2,(H,20,21). The van der Waals surface area contributed by atoms with E-state index in [-0.39, 0.29) is 6.42 Å². The average Bonchev–Trinajstić information content (AvgIpc) is 2.42. The maximum atomic E-state index is 13.4. The zero-order chi connectivity index (χ0) is 15.2. The number of carboxylic acid groups (broad SMARTS) is 1. The Morgan fingerprint density at radius 1 is 1.00 bits per heavy atom. The smallest absolute Gasteiger partial charge is 0.307 e. The number of hydrogen-bond acceptors (Lipinski definition) is 2. The van der Waals surface area contributed by atoms with Crippen LogP contribution in [0.5, 0.6) is 0 Å². The summed E-state index contributed by atoms with van der Waals surface area (Å²) in [7, 11) is 0. The van der Waals surface area contributed by atoms with Crippen LogP contribution in [0.1, 0.15) is 16.7 Å². The second kappa shape index (κ2) is 6.95. The minimum Gasteiger partial charge on any atom is -0.481 e. The van der Waals surface area contributed by atoms with Gasteiger partial charge in [-0.3, -0.25) is 4.79 Å². The molecule has 0 aliphatic rings. The van der Waals surface area contributed by atoms with E-state index in [1.807, 2.05) is 12.1 Å². The summed E-state index contributed by atoms with van der Waals surface area (Å²) in [5.41, 5.74) is 2.10. The van der Waals surface area contributed by atoms with Gasteiger partial charge in [-0.1, -0.05) is 30.3 Å². The molecule has 3 nitrogen and oxygen atoms in total. The van der Waals surface area contributed by atoms with Crippen LogP contribution in [0, 0.1) is 11.6 Å². The van der Waals surface area contributed by atoms with Crippen molar-refractivity contribution in [3.8, 4) is 0 Å². The van der Waals surface area contributed by atoms with Crippen molar-refractivity contribution in [2.24, 2.45) is 0 Å². The van der Waals surface area contributed by atoms with Crippen molar-refractivity contribution in [1.82, 2.24) is 5.32 Å². The van der Waals surface area contributed by atoms with E-state index in [1.165, 1.54) is 12.1 Å². The lowest BCUT2D eigenvalue weighted by Crippen LogP contribution is -2.14. The van der Waals surface area contributed by atoms with Gasteiger partial charge in [-0.15, -0.1) is 0 Å². The predicted octanol–water partition coefficient (Wildman–Crippen LogP) is 2.88. The van der Waals surface area contributed by atoms with Gasteiger partial charge >= 0.3 is 5.97 Å². The molecule has 2 aromatic carbocycles. The van der Waals surface area contributed by atoms with Gasteiger partial charge in [0.15, 0.2) is 0 Å². The molecule has 2 aromatic rings. The van der Waals surface area contributed by atoms with Crippen molar-refractivity contribution in [2.45, 2.75) is 19.5 Å². The fraction of sp³-hybridized carbons (Fsp3) is 0.188. The minimum atomic E-state index is -0.868. The number of hydrogen-bond donors (Lipinski definition) is 2. The number of nitrogens with one attached hydrogen (secondary N) is 1. The highest BCUT2D eigenvalue weighted by atomic mass is 19.1. The van der Waals surface area contributed by atoms with Gasteiger partial charge < -0.3 is 10.4 Å². The van der Waals surface area contributed by atoms with Crippen molar-refractivity contribution < 1.29 is 18.7 Å². The Morgan fingerprint density at radius 2 is 1.67 bits per heavy atom. The molecule has 21 heavy (non-hydrogen) atoms. The van der Waals surface area contributed by atoms with Crippen LogP contribution in [0.2, 0.25) is 0 Å². The van der Waals surface area contributed by atoms with E-state index >= 15 is 0 Å². The van der Waals surface area contributed by atoms with E-state index < -0.39 is 17.6 Å². The number of halogens is 2. The van der Waals surface area contributed by atoms with E-state index in [9.17, 15) is 13.6 Å². The average molecular weight is 291 g/mol. The maximum Gasteiger partial charge on any atom is 0.307 e. The van der Waals surface area contributed by atoms with Gasteiger partial charge in [-0.2, -0.15) is 0 Å². The predicted molar refractivity (Wildman–Crippen MR) is 74.7 cm³/mol. The Morgan fingerprint density at radius 3 is 2.29 bits per heavy atom. The van der Waals surface area contributed by atoms with Crippen molar-refractivity contribution in [1.29, 1.82) is 0 Å². The minimum absolute atomic E-state index is 0.00546. The molecule has 2 N–H and O–H groups in total. The lowest BCUT2D eigenvalue weighted by atomic mass is 10.1. The first-order valence-corrected chi connectivity index (χ1v) is 6.49. The molecule has 0 saturated carbocycles. The van der Waals surface area contributed by atoms with Gasteiger partial charge in [0.1, 0.15) is 11.6 Å². The van der Waals surface area contributed by atoms with E-state index in [4.69, 9.17) is 5.11 Å². The van der Waals surface area contributed by atoms with Crippen molar-refractivity contribution >= 4 is 5.97 Å². The summed E-state index contributed by atoms with van der Waals surface area (Å²) in [5.74, 6) is -2.03. The highest BCUT2D eigenvalue weighted by molar-refractivity contribution is 5.70. The van der Waals surface area contributed by atoms with Gasteiger partial charge in [0.25, 0.3) is 0 Å². The fourth-order valence-corrected chi connectivity index (χ4v) is 1.96. The molecule has 0 bridgehead atoms. The lowest BCUT2D eigenvalue weighted by Gasteiger charge is -2.07. The first-order chi connectivity index (χ1) is 10.0. The van der Waals surface area contributed by atoms with Crippen LogP contribution in [0.4, 0.5) is 8.78 Å². The number of benzene rings is 2. The lowest BCUT2D eigenvalue weighted by molar-refractivity contribution is -0.136. The summed E-state index contributed by atoms with van der Waals surface area (Å²) < 4.78 is 26.2. The highest BCUT2D eigenvalue weighted by Gasteiger charge is 2.04. The van der Waals surface area contributed by atoms with E-state index in [0.29, 0.717) is 18.7 Å². The third-order valence-corrected chi connectivity index (χ3v) is 3.04. The van der Waals surface area contributed by atoms with Crippen LogP contribution >= 0.6 is 0 Å². The molecular formula is C16H15F2NO2. The van der Waals surface area contributed by atoms with Crippen LogP contribution in [-0.4, -0.2) is 11.1 Å². The molecule has 0 unspecified atom stereocenters. The molecule has 0 fully saturated rings. The Labute approximate surface area is 121 Å². The zero-order valence-electron chi connectivity index (χ0n) is 11.3. The monoisotopic (exact) mass is 291 g/mol. The van der Waals surface area contributed by atoms with Crippen molar-refractivity contribution in [3.63, 3.8) is 0 Å². The topological polar surface area (TPSA) is 49.3 Å². The van der Waals surface area contributed by atoms with Crippen molar-refractivity contribution in [2.75, 3.05) is 0 Å². The van der Waals surface area contributed by atoms with E-state index in [2.05, 4.69) is 5.32 Å². The molecule has 5 heteroatoms. The number of carboxylic acids is 1. The fourth-order valence-electron chi connectivity index (χ4n) is 1.96. The van der Waals surface area contributed by atoms with Crippen LogP contribution in [0.25, 0.3) is 0 Å². The Kier molecular flexibility index (Phi) is 5.00. The second-order valence-electron chi connectivity index (χ2n) is 4.73. The summed E-state index contributed by atoms with van der Waals surface area (Å²) in [6.45, 7) is 0.813. The van der Waals surface area contributed by atoms with Gasteiger partial charge in [-0.05, 0) is 17.2 Å². The zero-order valence-corrected chi connectivity index (χ0v) is 11.3. The summed E-state index contributed by atoms with van der Waals surface area (Å²) >= 11 is 0. The Bertz CT molecular complexity index is 627.